The molecule has 1 fully saturated rings. The summed E-state index contributed by atoms with van der Waals surface area (Å²) in [6, 6.07) is 6.57. The first-order valence-electron chi connectivity index (χ1n) is 7.01. The summed E-state index contributed by atoms with van der Waals surface area (Å²) in [6.45, 7) is 0. The first-order valence-corrected chi connectivity index (χ1v) is 8.49. The van der Waals surface area contributed by atoms with E-state index in [2.05, 4.69) is 20.2 Å². The number of nitrogens with one attached hydrogen (secondary N) is 1. The standard InChI is InChI=1S/C13H17N5O2S/c19-21(20,15-11-4-2-1-3-5-11)13-8-6-12(7-9-13)18-10-14-16-17-18/h6-11,15H,1-5H2. The van der Waals surface area contributed by atoms with E-state index in [0.29, 0.717) is 0 Å². The van der Waals surface area contributed by atoms with Crippen molar-refractivity contribution in [1.29, 1.82) is 0 Å². The van der Waals surface area contributed by atoms with Gasteiger partial charge in [0.2, 0.25) is 10.0 Å². The summed E-state index contributed by atoms with van der Waals surface area (Å²) in [6.07, 6.45) is 6.67. The molecule has 7 nitrogen and oxygen atoms in total. The van der Waals surface area contributed by atoms with Crippen LogP contribution in [0.1, 0.15) is 32.1 Å². The smallest absolute Gasteiger partial charge is 0.208 e. The Hall–Kier alpha value is -1.80. The Balaban J connectivity index is 1.76. The normalized spacial score (nSPS) is 17.0. The third-order valence-electron chi connectivity index (χ3n) is 3.69. The largest absolute Gasteiger partial charge is 0.240 e. The van der Waals surface area contributed by atoms with Gasteiger partial charge in [0.05, 0.1) is 10.6 Å². The second-order valence-electron chi connectivity index (χ2n) is 5.20. The van der Waals surface area contributed by atoms with Gasteiger partial charge < -0.3 is 0 Å². The maximum atomic E-state index is 12.3. The van der Waals surface area contributed by atoms with E-state index < -0.39 is 10.0 Å². The Morgan fingerprint density at radius 2 is 1.81 bits per heavy atom. The average molecular weight is 307 g/mol. The summed E-state index contributed by atoms with van der Waals surface area (Å²) >= 11 is 0. The van der Waals surface area contributed by atoms with Gasteiger partial charge in [-0.05, 0) is 47.5 Å². The lowest BCUT2D eigenvalue weighted by atomic mass is 9.96. The van der Waals surface area contributed by atoms with E-state index in [-0.39, 0.29) is 10.9 Å². The molecule has 0 radical (unpaired) electrons. The van der Waals surface area contributed by atoms with E-state index in [4.69, 9.17) is 0 Å². The molecule has 21 heavy (non-hydrogen) atoms. The molecule has 0 saturated heterocycles. The van der Waals surface area contributed by atoms with E-state index in [1.54, 1.807) is 24.3 Å². The van der Waals surface area contributed by atoms with Gasteiger partial charge in [0.15, 0.2) is 0 Å². The van der Waals surface area contributed by atoms with Crippen LogP contribution in [-0.2, 0) is 10.0 Å². The van der Waals surface area contributed by atoms with E-state index in [1.807, 2.05) is 0 Å². The maximum Gasteiger partial charge on any atom is 0.240 e. The lowest BCUT2D eigenvalue weighted by Crippen LogP contribution is -2.36. The molecule has 1 N–H and O–H groups in total. The highest BCUT2D eigenvalue weighted by Gasteiger charge is 2.21. The van der Waals surface area contributed by atoms with Crippen molar-refractivity contribution in [2.75, 3.05) is 0 Å². The van der Waals surface area contributed by atoms with Crippen LogP contribution in [0, 0.1) is 0 Å². The molecule has 0 amide bonds. The lowest BCUT2D eigenvalue weighted by molar-refractivity contribution is 0.412. The Labute approximate surface area is 123 Å². The molecule has 0 atom stereocenters. The molecule has 1 aliphatic rings. The zero-order valence-electron chi connectivity index (χ0n) is 11.5. The molecular weight excluding hydrogens is 290 g/mol. The van der Waals surface area contributed by atoms with Gasteiger partial charge in [-0.3, -0.25) is 0 Å². The SMILES string of the molecule is O=S(=O)(NC1CCCCC1)c1ccc(-n2cnnn2)cc1. The molecule has 1 heterocycles. The predicted octanol–water partition coefficient (Wildman–Crippen LogP) is 1.27. The molecule has 2 aromatic rings. The zero-order chi connectivity index (χ0) is 14.7. The highest BCUT2D eigenvalue weighted by molar-refractivity contribution is 7.89. The van der Waals surface area contributed by atoms with Crippen molar-refractivity contribution in [2.45, 2.75) is 43.0 Å². The molecule has 1 aromatic carbocycles. The number of hydrogen-bond donors (Lipinski definition) is 1. The number of rotatable bonds is 4. The third-order valence-corrected chi connectivity index (χ3v) is 5.22. The summed E-state index contributed by atoms with van der Waals surface area (Å²) in [5, 5.41) is 10.9. The summed E-state index contributed by atoms with van der Waals surface area (Å²) in [5.41, 5.74) is 0.719. The lowest BCUT2D eigenvalue weighted by Gasteiger charge is -2.22. The summed E-state index contributed by atoms with van der Waals surface area (Å²) in [5.74, 6) is 0. The van der Waals surface area contributed by atoms with Gasteiger partial charge in [-0.2, -0.15) is 0 Å². The number of nitrogens with zero attached hydrogens (tertiary/aromatic N) is 4. The third kappa shape index (κ3) is 3.27. The fraction of sp³-hybridized carbons (Fsp3) is 0.462. The van der Waals surface area contributed by atoms with Gasteiger partial charge in [0.1, 0.15) is 6.33 Å². The molecule has 1 saturated carbocycles. The van der Waals surface area contributed by atoms with Gasteiger partial charge in [-0.15, -0.1) is 5.10 Å². The van der Waals surface area contributed by atoms with Crippen molar-refractivity contribution in [3.8, 4) is 5.69 Å². The molecule has 0 bridgehead atoms. The first-order chi connectivity index (χ1) is 10.1. The Bertz CT molecular complexity index is 676. The van der Waals surface area contributed by atoms with Crippen molar-refractivity contribution < 1.29 is 8.42 Å². The quantitative estimate of drug-likeness (QED) is 0.919. The summed E-state index contributed by atoms with van der Waals surface area (Å²) in [7, 11) is -3.46. The zero-order valence-corrected chi connectivity index (χ0v) is 12.3. The van der Waals surface area contributed by atoms with E-state index in [9.17, 15) is 8.42 Å². The Kier molecular flexibility index (Phi) is 3.98. The highest BCUT2D eigenvalue weighted by atomic mass is 32.2. The maximum absolute atomic E-state index is 12.3. The second-order valence-corrected chi connectivity index (χ2v) is 6.92. The van der Waals surface area contributed by atoms with Crippen molar-refractivity contribution in [1.82, 2.24) is 24.9 Å². The molecule has 3 rings (SSSR count). The monoisotopic (exact) mass is 307 g/mol. The van der Waals surface area contributed by atoms with E-state index >= 15 is 0 Å². The average Bonchev–Trinajstić information content (AvgIpc) is 3.02. The Morgan fingerprint density at radius 1 is 1.10 bits per heavy atom. The van der Waals surface area contributed by atoms with Crippen LogP contribution in [0.3, 0.4) is 0 Å². The number of tetrazole rings is 1. The fourth-order valence-corrected chi connectivity index (χ4v) is 3.87. The van der Waals surface area contributed by atoms with Gasteiger partial charge in [0.25, 0.3) is 0 Å². The van der Waals surface area contributed by atoms with Crippen molar-refractivity contribution in [3.63, 3.8) is 0 Å². The van der Waals surface area contributed by atoms with Gasteiger partial charge >= 0.3 is 0 Å². The molecular formula is C13H17N5O2S. The highest BCUT2D eigenvalue weighted by Crippen LogP contribution is 2.20. The topological polar surface area (TPSA) is 89.8 Å². The molecule has 1 aromatic heterocycles. The molecule has 0 aliphatic heterocycles. The van der Waals surface area contributed by atoms with Gasteiger partial charge in [-0.25, -0.2) is 17.8 Å². The number of benzene rings is 1. The molecule has 1 aliphatic carbocycles. The molecule has 0 spiro atoms. The number of aromatic nitrogens is 4. The fourth-order valence-electron chi connectivity index (χ4n) is 2.57. The van der Waals surface area contributed by atoms with Crippen LogP contribution in [0.4, 0.5) is 0 Å². The summed E-state index contributed by atoms with van der Waals surface area (Å²) in [4.78, 5) is 0.268. The van der Waals surface area contributed by atoms with Crippen molar-refractivity contribution in [2.24, 2.45) is 0 Å². The Morgan fingerprint density at radius 3 is 2.43 bits per heavy atom. The van der Waals surface area contributed by atoms with Crippen molar-refractivity contribution >= 4 is 10.0 Å². The van der Waals surface area contributed by atoms with Crippen LogP contribution < -0.4 is 4.72 Å². The summed E-state index contributed by atoms with van der Waals surface area (Å²) < 4.78 is 28.9. The predicted molar refractivity (Wildman–Crippen MR) is 76.3 cm³/mol. The minimum Gasteiger partial charge on any atom is -0.208 e. The first kappa shape index (κ1) is 14.2. The van der Waals surface area contributed by atoms with Crippen LogP contribution in [0.2, 0.25) is 0 Å². The van der Waals surface area contributed by atoms with E-state index in [1.165, 1.54) is 17.4 Å². The molecule has 112 valence electrons. The van der Waals surface area contributed by atoms with Crippen LogP contribution >= 0.6 is 0 Å². The van der Waals surface area contributed by atoms with Crippen molar-refractivity contribution in [3.05, 3.63) is 30.6 Å². The van der Waals surface area contributed by atoms with Gasteiger partial charge in [0, 0.05) is 6.04 Å². The molecule has 8 heteroatoms. The second kappa shape index (κ2) is 5.90. The van der Waals surface area contributed by atoms with Crippen LogP contribution in [0.25, 0.3) is 5.69 Å². The molecule has 0 unspecified atom stereocenters. The number of sulfonamides is 1. The minimum absolute atomic E-state index is 0.0583. The number of hydrogen-bond acceptors (Lipinski definition) is 5. The van der Waals surface area contributed by atoms with Crippen LogP contribution in [0.5, 0.6) is 0 Å². The minimum atomic E-state index is -3.46. The van der Waals surface area contributed by atoms with Crippen LogP contribution in [0.15, 0.2) is 35.5 Å². The van der Waals surface area contributed by atoms with Gasteiger partial charge in [-0.1, -0.05) is 19.3 Å². The van der Waals surface area contributed by atoms with E-state index in [0.717, 1.165) is 31.4 Å². The van der Waals surface area contributed by atoms with Crippen LogP contribution in [-0.4, -0.2) is 34.7 Å².